The molecule has 1 aliphatic carbocycles. The molecule has 1 aliphatic heterocycles. The van der Waals surface area contributed by atoms with Gasteiger partial charge in [-0.15, -0.1) is 0 Å². The summed E-state index contributed by atoms with van der Waals surface area (Å²) in [6.45, 7) is 0.141. The topological polar surface area (TPSA) is 121 Å². The Kier molecular flexibility index (Phi) is 8.42. The molecule has 1 saturated carbocycles. The van der Waals surface area contributed by atoms with E-state index >= 15 is 0 Å². The summed E-state index contributed by atoms with van der Waals surface area (Å²) in [5, 5.41) is 11.6. The Morgan fingerprint density at radius 1 is 1.05 bits per heavy atom. The van der Waals surface area contributed by atoms with Gasteiger partial charge in [0.05, 0.1) is 30.5 Å². The summed E-state index contributed by atoms with van der Waals surface area (Å²) in [7, 11) is -3.56. The Bertz CT molecular complexity index is 1520. The molecule has 0 saturated heterocycles. The lowest BCUT2D eigenvalue weighted by Gasteiger charge is -2.49. The first-order valence-electron chi connectivity index (χ1n) is 13.0. The van der Waals surface area contributed by atoms with Crippen LogP contribution in [0.1, 0.15) is 64.8 Å². The number of benzene rings is 2. The van der Waals surface area contributed by atoms with Crippen molar-refractivity contribution in [3.63, 3.8) is 0 Å². The molecule has 1 aromatic heterocycles. The smallest absolute Gasteiger partial charge is 0.255 e. The molecular formula is C28H29Cl2N5O4S. The Morgan fingerprint density at radius 3 is 2.55 bits per heavy atom. The van der Waals surface area contributed by atoms with Crippen LogP contribution in [-0.4, -0.2) is 53.7 Å². The molecule has 1 fully saturated rings. The summed E-state index contributed by atoms with van der Waals surface area (Å²) in [5.74, 6) is -1.45. The van der Waals surface area contributed by atoms with Crippen LogP contribution in [0.25, 0.3) is 0 Å². The van der Waals surface area contributed by atoms with E-state index in [4.69, 9.17) is 23.2 Å². The zero-order chi connectivity index (χ0) is 28.4. The number of hydrogen-bond acceptors (Lipinski definition) is 6. The number of amides is 2. The van der Waals surface area contributed by atoms with Crippen molar-refractivity contribution in [1.82, 2.24) is 25.1 Å². The lowest BCUT2D eigenvalue weighted by molar-refractivity contribution is -0.124. The molecule has 2 heterocycles. The number of nitrogens with one attached hydrogen (secondary N) is 2. The van der Waals surface area contributed by atoms with Gasteiger partial charge in [-0.25, -0.2) is 13.1 Å². The summed E-state index contributed by atoms with van der Waals surface area (Å²) < 4.78 is 27.4. The third-order valence-corrected chi connectivity index (χ3v) is 8.76. The summed E-state index contributed by atoms with van der Waals surface area (Å²) in [6, 6.07) is 13.7. The maximum atomic E-state index is 14.3. The van der Waals surface area contributed by atoms with Crippen molar-refractivity contribution in [3.8, 4) is 0 Å². The molecule has 0 unspecified atom stereocenters. The Hall–Kier alpha value is -3.05. The summed E-state index contributed by atoms with van der Waals surface area (Å²) in [5.41, 5.74) is 2.10. The average Bonchev–Trinajstić information content (AvgIpc) is 2.92. The van der Waals surface area contributed by atoms with Gasteiger partial charge in [0, 0.05) is 33.9 Å². The van der Waals surface area contributed by atoms with Gasteiger partial charge in [0.2, 0.25) is 15.9 Å². The van der Waals surface area contributed by atoms with Gasteiger partial charge in [-0.1, -0.05) is 60.3 Å². The zero-order valence-electron chi connectivity index (χ0n) is 21.8. The van der Waals surface area contributed by atoms with E-state index in [1.807, 2.05) is 0 Å². The number of carbonyl (C=O) groups excluding carboxylic acids is 2. The number of fused-ring (bicyclic) bond motifs is 1. The summed E-state index contributed by atoms with van der Waals surface area (Å²) in [6.07, 6.45) is 5.42. The van der Waals surface area contributed by atoms with E-state index in [2.05, 4.69) is 20.2 Å². The Labute approximate surface area is 243 Å². The fraction of sp³-hybridized carbons (Fsp3) is 0.357. The molecule has 4 atom stereocenters. The highest BCUT2D eigenvalue weighted by Crippen LogP contribution is 2.47. The van der Waals surface area contributed by atoms with Crippen LogP contribution < -0.4 is 10.0 Å². The van der Waals surface area contributed by atoms with E-state index in [0.29, 0.717) is 45.3 Å². The second kappa shape index (κ2) is 11.8. The van der Waals surface area contributed by atoms with Crippen LogP contribution in [0.2, 0.25) is 10.0 Å². The fourth-order valence-electron chi connectivity index (χ4n) is 5.84. The van der Waals surface area contributed by atoms with Crippen molar-refractivity contribution in [2.45, 2.75) is 56.3 Å². The van der Waals surface area contributed by atoms with Crippen molar-refractivity contribution in [2.24, 2.45) is 0 Å². The first-order chi connectivity index (χ1) is 19.1. The average molecular weight is 603 g/mol. The van der Waals surface area contributed by atoms with Gasteiger partial charge in [-0.05, 0) is 54.3 Å². The molecule has 0 radical (unpaired) electrons. The van der Waals surface area contributed by atoms with Gasteiger partial charge < -0.3 is 10.2 Å². The van der Waals surface area contributed by atoms with E-state index in [0.717, 1.165) is 19.1 Å². The number of nitrogens with zero attached hydrogens (tertiary/aromatic N) is 3. The highest BCUT2D eigenvalue weighted by molar-refractivity contribution is 7.88. The molecule has 2 aliphatic rings. The maximum absolute atomic E-state index is 14.3. The number of hydrogen-bond donors (Lipinski definition) is 2. The molecule has 0 bridgehead atoms. The molecule has 12 heteroatoms. The molecule has 2 amide bonds. The van der Waals surface area contributed by atoms with Crippen molar-refractivity contribution in [1.29, 1.82) is 0 Å². The van der Waals surface area contributed by atoms with Gasteiger partial charge >= 0.3 is 0 Å². The maximum Gasteiger partial charge on any atom is 0.255 e. The van der Waals surface area contributed by atoms with Crippen LogP contribution in [0.15, 0.2) is 60.8 Å². The minimum Gasteiger partial charge on any atom is -0.350 e. The van der Waals surface area contributed by atoms with Gasteiger partial charge in [0.25, 0.3) is 5.91 Å². The number of rotatable bonds is 7. The first kappa shape index (κ1) is 28.5. The van der Waals surface area contributed by atoms with E-state index < -0.39 is 34.1 Å². The van der Waals surface area contributed by atoms with E-state index in [1.54, 1.807) is 65.7 Å². The predicted octanol–water partition coefficient (Wildman–Crippen LogP) is 4.24. The van der Waals surface area contributed by atoms with Gasteiger partial charge in [-0.3, -0.25) is 9.59 Å². The molecule has 0 spiro atoms. The minimum atomic E-state index is -3.56. The standard InChI is InChI=1S/C28H29Cl2N5O4S/c1-40(38,39)34-23-10-4-5-11-24(23)35-26(21-13-12-17(29)15-22(21)30)25(19-8-2-3-9-20(19)28(35)37)27(36)31-16-18-7-6-14-32-33-18/h2-3,6-9,12-15,23-26,34H,4-5,10-11,16H2,1H3,(H,31,36)/t23-,24-,25+,26-/m0/s1. The van der Waals surface area contributed by atoms with Gasteiger partial charge in [0.1, 0.15) is 0 Å². The number of halogens is 2. The molecule has 210 valence electrons. The second-order valence-corrected chi connectivity index (χ2v) is 12.8. The highest BCUT2D eigenvalue weighted by Gasteiger charge is 2.49. The zero-order valence-corrected chi connectivity index (χ0v) is 24.1. The summed E-state index contributed by atoms with van der Waals surface area (Å²) >= 11 is 13.0. The molecule has 5 rings (SSSR count). The molecule has 40 heavy (non-hydrogen) atoms. The van der Waals surface area contributed by atoms with Crippen molar-refractivity contribution in [3.05, 3.63) is 93.2 Å². The lowest BCUT2D eigenvalue weighted by atomic mass is 9.76. The van der Waals surface area contributed by atoms with Crippen LogP contribution in [0.5, 0.6) is 0 Å². The highest BCUT2D eigenvalue weighted by atomic mass is 35.5. The second-order valence-electron chi connectivity index (χ2n) is 10.2. The van der Waals surface area contributed by atoms with Crippen LogP contribution >= 0.6 is 23.2 Å². The molecule has 9 nitrogen and oxygen atoms in total. The van der Waals surface area contributed by atoms with Crippen LogP contribution in [0.4, 0.5) is 0 Å². The van der Waals surface area contributed by atoms with E-state index in [-0.39, 0.29) is 18.4 Å². The first-order valence-corrected chi connectivity index (χ1v) is 15.7. The normalized spacial score (nSPS) is 23.0. The number of carbonyl (C=O) groups is 2. The monoisotopic (exact) mass is 601 g/mol. The SMILES string of the molecule is CS(=O)(=O)N[C@H]1CCCC[C@@H]1N1C(=O)c2ccccc2[C@@H](C(=O)NCc2cccnn2)[C@@H]1c1ccc(Cl)cc1Cl. The van der Waals surface area contributed by atoms with Crippen LogP contribution in [0, 0.1) is 0 Å². The largest absolute Gasteiger partial charge is 0.350 e. The molecular weight excluding hydrogens is 573 g/mol. The van der Waals surface area contributed by atoms with Crippen molar-refractivity contribution < 1.29 is 18.0 Å². The lowest BCUT2D eigenvalue weighted by Crippen LogP contribution is -2.59. The third kappa shape index (κ3) is 6.00. The van der Waals surface area contributed by atoms with Gasteiger partial charge in [0.15, 0.2) is 0 Å². The quantitative estimate of drug-likeness (QED) is 0.418. The minimum absolute atomic E-state index is 0.141. The molecule has 3 aromatic rings. The van der Waals surface area contributed by atoms with Gasteiger partial charge in [-0.2, -0.15) is 10.2 Å². The van der Waals surface area contributed by atoms with Crippen molar-refractivity contribution >= 4 is 45.0 Å². The van der Waals surface area contributed by atoms with E-state index in [1.165, 1.54) is 0 Å². The number of sulfonamides is 1. The van der Waals surface area contributed by atoms with E-state index in [9.17, 15) is 18.0 Å². The van der Waals surface area contributed by atoms with Crippen LogP contribution in [-0.2, 0) is 21.4 Å². The van der Waals surface area contributed by atoms with Crippen LogP contribution in [0.3, 0.4) is 0 Å². The Balaban J connectivity index is 1.65. The number of aromatic nitrogens is 2. The molecule has 2 N–H and O–H groups in total. The third-order valence-electron chi connectivity index (χ3n) is 7.46. The Morgan fingerprint density at radius 2 is 1.82 bits per heavy atom. The predicted molar refractivity (Wildman–Crippen MR) is 152 cm³/mol. The fourth-order valence-corrected chi connectivity index (χ4v) is 7.19. The summed E-state index contributed by atoms with van der Waals surface area (Å²) in [4.78, 5) is 30.0. The molecule has 2 aromatic carbocycles. The van der Waals surface area contributed by atoms with Crippen molar-refractivity contribution in [2.75, 3.05) is 6.26 Å².